The topological polar surface area (TPSA) is 30.9 Å². The zero-order valence-electron chi connectivity index (χ0n) is 13.5. The number of piperidine rings is 1. The van der Waals surface area contributed by atoms with Gasteiger partial charge in [0, 0.05) is 51.5 Å². The number of nitrogens with zero attached hydrogens (tertiary/aromatic N) is 1. The summed E-state index contributed by atoms with van der Waals surface area (Å²) < 4.78 is 17.4. The van der Waals surface area contributed by atoms with Gasteiger partial charge >= 0.3 is 0 Å². The van der Waals surface area contributed by atoms with Gasteiger partial charge in [0.15, 0.2) is 0 Å². The summed E-state index contributed by atoms with van der Waals surface area (Å²) in [4.78, 5) is 2.68. The van der Waals surface area contributed by atoms with E-state index in [1.165, 1.54) is 45.2 Å². The highest BCUT2D eigenvalue weighted by atomic mass is 16.5. The van der Waals surface area contributed by atoms with Crippen molar-refractivity contribution in [2.75, 3.05) is 52.7 Å². The van der Waals surface area contributed by atoms with Crippen molar-refractivity contribution >= 4 is 0 Å². The van der Waals surface area contributed by atoms with E-state index in [1.807, 2.05) is 0 Å². The molecule has 3 saturated heterocycles. The first-order valence-electron chi connectivity index (χ1n) is 8.82. The molecular formula is C17H31NO3. The highest BCUT2D eigenvalue weighted by Gasteiger charge is 2.46. The summed E-state index contributed by atoms with van der Waals surface area (Å²) >= 11 is 0. The Hall–Kier alpha value is -0.160. The van der Waals surface area contributed by atoms with Crippen LogP contribution < -0.4 is 0 Å². The number of rotatable bonds is 5. The van der Waals surface area contributed by atoms with E-state index < -0.39 is 0 Å². The lowest BCUT2D eigenvalue weighted by Gasteiger charge is -2.51. The Labute approximate surface area is 129 Å². The monoisotopic (exact) mass is 297 g/mol. The summed E-state index contributed by atoms with van der Waals surface area (Å²) in [6.07, 6.45) is 6.51. The van der Waals surface area contributed by atoms with Gasteiger partial charge in [-0.3, -0.25) is 0 Å². The van der Waals surface area contributed by atoms with Gasteiger partial charge in [0.1, 0.15) is 0 Å². The Bertz CT molecular complexity index is 319. The minimum Gasteiger partial charge on any atom is -0.381 e. The van der Waals surface area contributed by atoms with E-state index in [4.69, 9.17) is 14.2 Å². The Morgan fingerprint density at radius 2 is 2.05 bits per heavy atom. The summed E-state index contributed by atoms with van der Waals surface area (Å²) in [6, 6.07) is 0. The van der Waals surface area contributed by atoms with Gasteiger partial charge in [0.05, 0.1) is 12.7 Å². The Morgan fingerprint density at radius 1 is 1.19 bits per heavy atom. The highest BCUT2D eigenvalue weighted by molar-refractivity contribution is 4.97. The fourth-order valence-corrected chi connectivity index (χ4v) is 4.35. The normalized spacial score (nSPS) is 35.6. The predicted molar refractivity (Wildman–Crippen MR) is 82.5 cm³/mol. The first-order chi connectivity index (χ1) is 10.3. The minimum atomic E-state index is 0.248. The third-order valence-electron chi connectivity index (χ3n) is 5.52. The first kappa shape index (κ1) is 15.7. The van der Waals surface area contributed by atoms with E-state index in [2.05, 4.69) is 11.8 Å². The molecule has 3 heterocycles. The van der Waals surface area contributed by atoms with E-state index in [-0.39, 0.29) is 5.41 Å². The van der Waals surface area contributed by atoms with E-state index in [9.17, 15) is 0 Å². The molecule has 0 spiro atoms. The number of hydrogen-bond acceptors (Lipinski definition) is 4. The molecule has 4 heteroatoms. The highest BCUT2D eigenvalue weighted by Crippen LogP contribution is 2.40. The van der Waals surface area contributed by atoms with Crippen molar-refractivity contribution in [2.45, 2.75) is 45.1 Å². The van der Waals surface area contributed by atoms with Crippen molar-refractivity contribution in [2.24, 2.45) is 11.3 Å². The average Bonchev–Trinajstić information content (AvgIpc) is 2.54. The standard InChI is InChI=1S/C17H31NO3/c1-2-19-14-17-7-3-9-21-16(17)4-8-18(13-17)12-15-5-10-20-11-6-15/h15-16H,2-14H2,1H3/t16-,17+/m1/s1. The van der Waals surface area contributed by atoms with Gasteiger partial charge in [0.25, 0.3) is 0 Å². The zero-order valence-corrected chi connectivity index (χ0v) is 13.5. The summed E-state index contributed by atoms with van der Waals surface area (Å²) in [5, 5.41) is 0. The molecule has 3 fully saturated rings. The van der Waals surface area contributed by atoms with Crippen LogP contribution in [0.25, 0.3) is 0 Å². The lowest BCUT2D eigenvalue weighted by Crippen LogP contribution is -2.57. The average molecular weight is 297 g/mol. The van der Waals surface area contributed by atoms with Crippen molar-refractivity contribution in [1.29, 1.82) is 0 Å². The van der Waals surface area contributed by atoms with Crippen LogP contribution in [-0.4, -0.2) is 63.7 Å². The molecule has 3 rings (SSSR count). The predicted octanol–water partition coefficient (Wildman–Crippen LogP) is 2.32. The van der Waals surface area contributed by atoms with Crippen molar-refractivity contribution in [1.82, 2.24) is 4.90 Å². The summed E-state index contributed by atoms with van der Waals surface area (Å²) in [5.41, 5.74) is 0.248. The molecule has 2 atom stereocenters. The molecule has 0 aliphatic carbocycles. The zero-order chi connectivity index (χ0) is 14.5. The molecule has 0 aromatic carbocycles. The van der Waals surface area contributed by atoms with Gasteiger partial charge in [0.2, 0.25) is 0 Å². The smallest absolute Gasteiger partial charge is 0.0677 e. The van der Waals surface area contributed by atoms with Crippen LogP contribution >= 0.6 is 0 Å². The van der Waals surface area contributed by atoms with Crippen LogP contribution in [-0.2, 0) is 14.2 Å². The van der Waals surface area contributed by atoms with E-state index in [1.54, 1.807) is 0 Å². The number of hydrogen-bond donors (Lipinski definition) is 0. The van der Waals surface area contributed by atoms with E-state index in [0.717, 1.165) is 45.5 Å². The van der Waals surface area contributed by atoms with Crippen molar-refractivity contribution in [3.05, 3.63) is 0 Å². The minimum absolute atomic E-state index is 0.248. The third-order valence-corrected chi connectivity index (χ3v) is 5.52. The van der Waals surface area contributed by atoms with Crippen molar-refractivity contribution in [3.8, 4) is 0 Å². The largest absolute Gasteiger partial charge is 0.381 e. The van der Waals surface area contributed by atoms with Gasteiger partial charge in [-0.1, -0.05) is 0 Å². The Morgan fingerprint density at radius 3 is 2.86 bits per heavy atom. The molecule has 3 aliphatic heterocycles. The lowest BCUT2D eigenvalue weighted by atomic mass is 9.72. The van der Waals surface area contributed by atoms with Gasteiger partial charge in [-0.2, -0.15) is 0 Å². The second kappa shape index (κ2) is 7.40. The van der Waals surface area contributed by atoms with Gasteiger partial charge in [-0.25, -0.2) is 0 Å². The molecule has 0 bridgehead atoms. The maximum Gasteiger partial charge on any atom is 0.0677 e. The molecule has 0 amide bonds. The molecule has 122 valence electrons. The van der Waals surface area contributed by atoms with Crippen LogP contribution in [0.4, 0.5) is 0 Å². The summed E-state index contributed by atoms with van der Waals surface area (Å²) in [6.45, 7) is 10.2. The molecule has 0 radical (unpaired) electrons. The van der Waals surface area contributed by atoms with E-state index in [0.29, 0.717) is 6.10 Å². The van der Waals surface area contributed by atoms with E-state index >= 15 is 0 Å². The fraction of sp³-hybridized carbons (Fsp3) is 1.00. The quantitative estimate of drug-likeness (QED) is 0.779. The van der Waals surface area contributed by atoms with Gasteiger partial charge in [-0.05, 0) is 44.9 Å². The third kappa shape index (κ3) is 3.79. The van der Waals surface area contributed by atoms with Crippen LogP contribution in [0.2, 0.25) is 0 Å². The lowest BCUT2D eigenvalue weighted by molar-refractivity contribution is -0.154. The number of ether oxygens (including phenoxy) is 3. The second-order valence-electron chi connectivity index (χ2n) is 7.04. The summed E-state index contributed by atoms with van der Waals surface area (Å²) in [5.74, 6) is 0.823. The molecule has 0 aromatic heterocycles. The molecule has 4 nitrogen and oxygen atoms in total. The van der Waals surface area contributed by atoms with Crippen LogP contribution in [0.1, 0.15) is 39.0 Å². The van der Waals surface area contributed by atoms with Crippen LogP contribution in [0, 0.1) is 11.3 Å². The molecule has 0 N–H and O–H groups in total. The maximum absolute atomic E-state index is 6.09. The fourth-order valence-electron chi connectivity index (χ4n) is 4.35. The SMILES string of the molecule is CCOC[C@@]12CCCO[C@@H]1CCN(CC1CCOCC1)C2. The number of fused-ring (bicyclic) bond motifs is 1. The molecular weight excluding hydrogens is 266 g/mol. The second-order valence-corrected chi connectivity index (χ2v) is 7.04. The number of likely N-dealkylation sites (tertiary alicyclic amines) is 1. The maximum atomic E-state index is 6.09. The van der Waals surface area contributed by atoms with Gasteiger partial charge < -0.3 is 19.1 Å². The molecule has 21 heavy (non-hydrogen) atoms. The molecule has 0 saturated carbocycles. The molecule has 3 aliphatic rings. The van der Waals surface area contributed by atoms with Crippen LogP contribution in [0.15, 0.2) is 0 Å². The first-order valence-corrected chi connectivity index (χ1v) is 8.82. The molecule has 0 unspecified atom stereocenters. The van der Waals surface area contributed by atoms with Crippen molar-refractivity contribution < 1.29 is 14.2 Å². The Balaban J connectivity index is 1.60. The van der Waals surface area contributed by atoms with Gasteiger partial charge in [-0.15, -0.1) is 0 Å². The van der Waals surface area contributed by atoms with Crippen molar-refractivity contribution in [3.63, 3.8) is 0 Å². The van der Waals surface area contributed by atoms with Crippen LogP contribution in [0.3, 0.4) is 0 Å². The Kier molecular flexibility index (Phi) is 5.54. The summed E-state index contributed by atoms with van der Waals surface area (Å²) in [7, 11) is 0. The van der Waals surface area contributed by atoms with Crippen LogP contribution in [0.5, 0.6) is 0 Å². The molecule has 0 aromatic rings.